The summed E-state index contributed by atoms with van der Waals surface area (Å²) in [6.45, 7) is 0. The zero-order valence-electron chi connectivity index (χ0n) is 17.3. The maximum absolute atomic E-state index is 14.7. The number of primary amides is 1. The van der Waals surface area contributed by atoms with E-state index in [-0.39, 0.29) is 29.3 Å². The molecule has 164 valence electrons. The predicted molar refractivity (Wildman–Crippen MR) is 119 cm³/mol. The third kappa shape index (κ3) is 4.70. The summed E-state index contributed by atoms with van der Waals surface area (Å²) < 4.78 is 14.7. The Balaban J connectivity index is 1.61. The highest BCUT2D eigenvalue weighted by molar-refractivity contribution is 5.98. The zero-order valence-corrected chi connectivity index (χ0v) is 17.3. The van der Waals surface area contributed by atoms with Crippen molar-refractivity contribution < 1.29 is 9.18 Å². The van der Waals surface area contributed by atoms with Gasteiger partial charge in [-0.3, -0.25) is 14.8 Å². The molecule has 1 aliphatic carbocycles. The lowest BCUT2D eigenvalue weighted by Crippen LogP contribution is -2.43. The molecule has 1 saturated carbocycles. The van der Waals surface area contributed by atoms with E-state index in [1.54, 1.807) is 5.01 Å². The molecule has 1 aromatic heterocycles. The number of amides is 1. The highest BCUT2D eigenvalue weighted by atomic mass is 19.1. The predicted octanol–water partition coefficient (Wildman–Crippen LogP) is 2.39. The fourth-order valence-corrected chi connectivity index (χ4v) is 3.80. The molecule has 0 spiro atoms. The lowest BCUT2D eigenvalue weighted by atomic mass is 9.91. The molecular formula is C21H27FN8O. The van der Waals surface area contributed by atoms with Crippen LogP contribution in [0.2, 0.25) is 0 Å². The second kappa shape index (κ2) is 8.78. The first-order valence-electron chi connectivity index (χ1n) is 10.3. The minimum absolute atomic E-state index is 0.0275. The Bertz CT molecular complexity index is 997. The molecule has 2 atom stereocenters. The SMILES string of the molecule is CN1C=CN(c2cccc(Nc3nc(NC4CCCC[C@@H]4N)c(F)cc3C(N)=O)c2)N1. The maximum Gasteiger partial charge on any atom is 0.252 e. The normalized spacial score (nSPS) is 20.7. The van der Waals surface area contributed by atoms with Crippen LogP contribution in [0.3, 0.4) is 0 Å². The molecule has 1 aliphatic heterocycles. The lowest BCUT2D eigenvalue weighted by Gasteiger charge is -2.30. The van der Waals surface area contributed by atoms with Gasteiger partial charge < -0.3 is 22.1 Å². The van der Waals surface area contributed by atoms with Gasteiger partial charge in [-0.25, -0.2) is 9.37 Å². The molecule has 2 aromatic rings. The molecular weight excluding hydrogens is 399 g/mol. The molecule has 1 fully saturated rings. The first-order valence-corrected chi connectivity index (χ1v) is 10.3. The largest absolute Gasteiger partial charge is 0.365 e. The molecule has 2 heterocycles. The number of carbonyl (C=O) groups is 1. The van der Waals surface area contributed by atoms with Crippen LogP contribution in [0.5, 0.6) is 0 Å². The van der Waals surface area contributed by atoms with Gasteiger partial charge in [0, 0.05) is 37.2 Å². The number of anilines is 4. The van der Waals surface area contributed by atoms with Crippen molar-refractivity contribution in [3.8, 4) is 0 Å². The van der Waals surface area contributed by atoms with Crippen LogP contribution in [0.4, 0.5) is 27.4 Å². The number of halogens is 1. The van der Waals surface area contributed by atoms with Gasteiger partial charge in [-0.15, -0.1) is 5.53 Å². The van der Waals surface area contributed by atoms with Crippen molar-refractivity contribution >= 4 is 28.9 Å². The highest BCUT2D eigenvalue weighted by Gasteiger charge is 2.24. The monoisotopic (exact) mass is 426 g/mol. The van der Waals surface area contributed by atoms with Crippen LogP contribution < -0.4 is 32.6 Å². The summed E-state index contributed by atoms with van der Waals surface area (Å²) >= 11 is 0. The van der Waals surface area contributed by atoms with Gasteiger partial charge in [-0.2, -0.15) is 0 Å². The van der Waals surface area contributed by atoms with E-state index in [1.807, 2.05) is 48.7 Å². The Morgan fingerprint density at radius 2 is 2.03 bits per heavy atom. The number of nitrogens with zero attached hydrogens (tertiary/aromatic N) is 3. The molecule has 1 amide bonds. The first-order chi connectivity index (χ1) is 14.9. The number of carbonyl (C=O) groups excluding carboxylic acids is 1. The number of hydrogen-bond acceptors (Lipinski definition) is 8. The van der Waals surface area contributed by atoms with Crippen LogP contribution in [0, 0.1) is 5.82 Å². The number of hydrogen-bond donors (Lipinski definition) is 5. The minimum Gasteiger partial charge on any atom is -0.365 e. The Morgan fingerprint density at radius 1 is 1.23 bits per heavy atom. The summed E-state index contributed by atoms with van der Waals surface area (Å²) in [6, 6.07) is 8.45. The zero-order chi connectivity index (χ0) is 22.0. The quantitative estimate of drug-likeness (QED) is 0.477. The van der Waals surface area contributed by atoms with Crippen LogP contribution in [0.1, 0.15) is 36.0 Å². The summed E-state index contributed by atoms with van der Waals surface area (Å²) in [4.78, 5) is 16.3. The van der Waals surface area contributed by atoms with Gasteiger partial charge in [-0.1, -0.05) is 18.9 Å². The van der Waals surface area contributed by atoms with Crippen LogP contribution in [0.25, 0.3) is 0 Å². The van der Waals surface area contributed by atoms with Crippen LogP contribution in [-0.4, -0.2) is 35.0 Å². The molecule has 9 nitrogen and oxygen atoms in total. The van der Waals surface area contributed by atoms with Crippen molar-refractivity contribution in [2.24, 2.45) is 11.5 Å². The molecule has 10 heteroatoms. The third-order valence-electron chi connectivity index (χ3n) is 5.47. The molecule has 1 aromatic carbocycles. The first kappa shape index (κ1) is 20.9. The number of aromatic nitrogens is 1. The molecule has 1 unspecified atom stereocenters. The average molecular weight is 427 g/mol. The number of benzene rings is 1. The van der Waals surface area contributed by atoms with Gasteiger partial charge in [0.1, 0.15) is 5.82 Å². The van der Waals surface area contributed by atoms with Gasteiger partial charge in [0.05, 0.1) is 11.3 Å². The van der Waals surface area contributed by atoms with E-state index in [1.165, 1.54) is 0 Å². The second-order valence-corrected chi connectivity index (χ2v) is 7.83. The van der Waals surface area contributed by atoms with E-state index in [9.17, 15) is 9.18 Å². The summed E-state index contributed by atoms with van der Waals surface area (Å²) in [7, 11) is 1.88. The summed E-state index contributed by atoms with van der Waals surface area (Å²) in [5.74, 6) is -1.17. The molecule has 31 heavy (non-hydrogen) atoms. The molecule has 0 saturated heterocycles. The van der Waals surface area contributed by atoms with Crippen LogP contribution >= 0.6 is 0 Å². The van der Waals surface area contributed by atoms with Gasteiger partial charge in [0.25, 0.3) is 5.91 Å². The van der Waals surface area contributed by atoms with Crippen molar-refractivity contribution in [3.63, 3.8) is 0 Å². The van der Waals surface area contributed by atoms with Crippen molar-refractivity contribution in [1.29, 1.82) is 0 Å². The van der Waals surface area contributed by atoms with E-state index in [4.69, 9.17) is 11.5 Å². The van der Waals surface area contributed by atoms with E-state index in [0.29, 0.717) is 5.69 Å². The van der Waals surface area contributed by atoms with Crippen molar-refractivity contribution in [2.45, 2.75) is 37.8 Å². The average Bonchev–Trinajstić information content (AvgIpc) is 3.18. The molecule has 4 rings (SSSR count). The number of hydrazine groups is 2. The van der Waals surface area contributed by atoms with Crippen LogP contribution in [0.15, 0.2) is 42.7 Å². The molecule has 7 N–H and O–H groups in total. The summed E-state index contributed by atoms with van der Waals surface area (Å²) in [5, 5.41) is 9.85. The smallest absolute Gasteiger partial charge is 0.252 e. The Morgan fingerprint density at radius 3 is 2.74 bits per heavy atom. The van der Waals surface area contributed by atoms with E-state index in [2.05, 4.69) is 21.2 Å². The van der Waals surface area contributed by atoms with Gasteiger partial charge in [0.15, 0.2) is 11.6 Å². The Labute approximate surface area is 180 Å². The minimum atomic E-state index is -0.767. The van der Waals surface area contributed by atoms with E-state index < -0.39 is 11.7 Å². The van der Waals surface area contributed by atoms with Crippen LogP contribution in [-0.2, 0) is 0 Å². The fourth-order valence-electron chi connectivity index (χ4n) is 3.80. The van der Waals surface area contributed by atoms with E-state index in [0.717, 1.165) is 37.4 Å². The van der Waals surface area contributed by atoms with Crippen molar-refractivity contribution in [1.82, 2.24) is 15.5 Å². The van der Waals surface area contributed by atoms with Gasteiger partial charge in [0.2, 0.25) is 0 Å². The lowest BCUT2D eigenvalue weighted by molar-refractivity contribution is 0.100. The summed E-state index contributed by atoms with van der Waals surface area (Å²) in [6.07, 6.45) is 7.56. The molecule has 2 aliphatic rings. The highest BCUT2D eigenvalue weighted by Crippen LogP contribution is 2.28. The molecule has 0 bridgehead atoms. The number of nitrogens with two attached hydrogens (primary N) is 2. The fraction of sp³-hybridized carbons (Fsp3) is 0.333. The van der Waals surface area contributed by atoms with Gasteiger partial charge in [-0.05, 0) is 37.1 Å². The second-order valence-electron chi connectivity index (χ2n) is 7.83. The van der Waals surface area contributed by atoms with E-state index >= 15 is 0 Å². The topological polar surface area (TPSA) is 125 Å². The Hall–Kier alpha value is -3.37. The number of rotatable bonds is 6. The summed E-state index contributed by atoms with van der Waals surface area (Å²) in [5.41, 5.74) is 16.3. The third-order valence-corrected chi connectivity index (χ3v) is 5.47. The number of pyridine rings is 1. The van der Waals surface area contributed by atoms with Crippen molar-refractivity contribution in [2.75, 3.05) is 22.7 Å². The van der Waals surface area contributed by atoms with Crippen molar-refractivity contribution in [3.05, 3.63) is 54.1 Å². The molecule has 0 radical (unpaired) electrons. The Kier molecular flexibility index (Phi) is 5.92. The number of nitrogens with one attached hydrogen (secondary N) is 3. The van der Waals surface area contributed by atoms with Gasteiger partial charge >= 0.3 is 0 Å². The standard InChI is InChI=1S/C21H27FN8O/c1-29-9-10-30(28-29)14-6-4-5-13(11-14)25-20-15(19(24)31)12-16(22)21(27-20)26-18-8-3-2-7-17(18)23/h4-6,9-12,17-18,28H,2-3,7-8,23H2,1H3,(H2,24,31)(H2,25,26,27)/t17-,18?/m0/s1. The maximum atomic E-state index is 14.7.